The minimum atomic E-state index is -0.556. The monoisotopic (exact) mass is 357 g/mol. The summed E-state index contributed by atoms with van der Waals surface area (Å²) < 4.78 is 16.0. The zero-order chi connectivity index (χ0) is 18.8. The fraction of sp³-hybridized carbons (Fsp3) is 0.0909. The highest BCUT2D eigenvalue weighted by atomic mass is 19.1. The van der Waals surface area contributed by atoms with Crippen LogP contribution in [0.1, 0.15) is 12.0 Å². The molecule has 5 heteroatoms. The lowest BCUT2D eigenvalue weighted by Gasteiger charge is -2.09. The van der Waals surface area contributed by atoms with Crippen molar-refractivity contribution in [2.24, 2.45) is 0 Å². The van der Waals surface area contributed by atoms with Crippen LogP contribution in [0.5, 0.6) is 0 Å². The summed E-state index contributed by atoms with van der Waals surface area (Å²) in [4.78, 5) is 12.4. The zero-order valence-corrected chi connectivity index (χ0v) is 14.4. The number of carbonyl (C=O) groups is 1. The molecular weight excluding hydrogens is 341 g/mol. The molecule has 132 valence electrons. The molecule has 1 amide bonds. The number of amides is 1. The third kappa shape index (κ3) is 3.13. The Kier molecular flexibility index (Phi) is 4.31. The molecule has 0 aliphatic carbocycles. The lowest BCUT2D eigenvalue weighted by atomic mass is 10.2. The topological polar surface area (TPSA) is 57.8 Å². The highest BCUT2D eigenvalue weighted by molar-refractivity contribution is 6.08. The summed E-state index contributed by atoms with van der Waals surface area (Å²) in [6.07, 6.45) is 0.193. The van der Waals surface area contributed by atoms with Gasteiger partial charge in [-0.2, -0.15) is 5.26 Å². The van der Waals surface area contributed by atoms with Crippen LogP contribution in [-0.4, -0.2) is 10.5 Å². The van der Waals surface area contributed by atoms with Crippen molar-refractivity contribution in [3.63, 3.8) is 0 Å². The van der Waals surface area contributed by atoms with Crippen molar-refractivity contribution in [1.82, 2.24) is 4.57 Å². The second-order valence-electron chi connectivity index (χ2n) is 6.29. The van der Waals surface area contributed by atoms with E-state index in [2.05, 4.69) is 22.0 Å². The van der Waals surface area contributed by atoms with Gasteiger partial charge in [-0.05, 0) is 30.3 Å². The average molecular weight is 357 g/mol. The molecular formula is C22H16FN3O. The number of nitriles is 1. The van der Waals surface area contributed by atoms with E-state index in [0.29, 0.717) is 12.1 Å². The fourth-order valence-corrected chi connectivity index (χ4v) is 3.36. The normalized spacial score (nSPS) is 10.8. The van der Waals surface area contributed by atoms with Crippen LogP contribution in [0.4, 0.5) is 10.1 Å². The number of nitrogens with zero attached hydrogens (tertiary/aromatic N) is 2. The van der Waals surface area contributed by atoms with Crippen LogP contribution in [0.25, 0.3) is 21.8 Å². The number of nitrogens with one attached hydrogen (secondary N) is 1. The van der Waals surface area contributed by atoms with Crippen LogP contribution in [0.15, 0.2) is 66.7 Å². The minimum absolute atomic E-state index is 0.0290. The number of aromatic nitrogens is 1. The molecule has 0 radical (unpaired) electrons. The second kappa shape index (κ2) is 6.93. The smallest absolute Gasteiger partial charge is 0.226 e. The Morgan fingerprint density at radius 2 is 1.63 bits per heavy atom. The SMILES string of the molecule is N#Cc1ccc(F)c(NC(=O)CCn2c3ccccc3c3ccccc32)c1. The number of anilines is 1. The summed E-state index contributed by atoms with van der Waals surface area (Å²) in [6.45, 7) is 0.472. The van der Waals surface area contributed by atoms with Crippen LogP contribution >= 0.6 is 0 Å². The molecule has 27 heavy (non-hydrogen) atoms. The molecule has 4 rings (SSSR count). The van der Waals surface area contributed by atoms with Crippen molar-refractivity contribution in [3.05, 3.63) is 78.1 Å². The molecule has 0 saturated heterocycles. The van der Waals surface area contributed by atoms with E-state index in [0.717, 1.165) is 21.8 Å². The summed E-state index contributed by atoms with van der Waals surface area (Å²) in [5.41, 5.74) is 2.45. The molecule has 4 nitrogen and oxygen atoms in total. The molecule has 4 aromatic rings. The Labute approximate surface area is 155 Å². The number of aryl methyl sites for hydroxylation is 1. The Bertz CT molecular complexity index is 1150. The molecule has 1 heterocycles. The maximum absolute atomic E-state index is 13.9. The molecule has 0 atom stereocenters. The first-order chi connectivity index (χ1) is 13.2. The lowest BCUT2D eigenvalue weighted by Crippen LogP contribution is -2.15. The predicted molar refractivity (Wildman–Crippen MR) is 104 cm³/mol. The lowest BCUT2D eigenvalue weighted by molar-refractivity contribution is -0.116. The van der Waals surface area contributed by atoms with Gasteiger partial charge >= 0.3 is 0 Å². The Morgan fingerprint density at radius 3 is 2.26 bits per heavy atom. The Balaban J connectivity index is 1.59. The van der Waals surface area contributed by atoms with Gasteiger partial charge in [-0.15, -0.1) is 0 Å². The van der Waals surface area contributed by atoms with Gasteiger partial charge in [0.15, 0.2) is 0 Å². The molecule has 1 N–H and O–H groups in total. The summed E-state index contributed by atoms with van der Waals surface area (Å²) in [7, 11) is 0. The molecule has 0 aliphatic heterocycles. The summed E-state index contributed by atoms with van der Waals surface area (Å²) in [5, 5.41) is 13.8. The van der Waals surface area contributed by atoms with Gasteiger partial charge in [-0.3, -0.25) is 4.79 Å². The van der Waals surface area contributed by atoms with Gasteiger partial charge in [0.25, 0.3) is 0 Å². The van der Waals surface area contributed by atoms with E-state index in [-0.39, 0.29) is 18.0 Å². The highest BCUT2D eigenvalue weighted by Crippen LogP contribution is 2.28. The summed E-state index contributed by atoms with van der Waals surface area (Å²) in [5.74, 6) is -0.856. The first kappa shape index (κ1) is 16.8. The third-order valence-electron chi connectivity index (χ3n) is 4.61. The van der Waals surface area contributed by atoms with E-state index in [9.17, 15) is 9.18 Å². The molecule has 0 saturated carbocycles. The van der Waals surface area contributed by atoms with Crippen molar-refractivity contribution in [2.45, 2.75) is 13.0 Å². The molecule has 0 aliphatic rings. The third-order valence-corrected chi connectivity index (χ3v) is 4.61. The number of para-hydroxylation sites is 2. The number of hydrogen-bond donors (Lipinski definition) is 1. The molecule has 1 aromatic heterocycles. The second-order valence-corrected chi connectivity index (χ2v) is 6.29. The van der Waals surface area contributed by atoms with E-state index in [4.69, 9.17) is 5.26 Å². The average Bonchev–Trinajstić information content (AvgIpc) is 3.02. The number of fused-ring (bicyclic) bond motifs is 3. The van der Waals surface area contributed by atoms with Gasteiger partial charge in [-0.25, -0.2) is 4.39 Å². The highest BCUT2D eigenvalue weighted by Gasteiger charge is 2.12. The quantitative estimate of drug-likeness (QED) is 0.568. The fourth-order valence-electron chi connectivity index (χ4n) is 3.36. The number of benzene rings is 3. The van der Waals surface area contributed by atoms with Crippen molar-refractivity contribution in [2.75, 3.05) is 5.32 Å². The van der Waals surface area contributed by atoms with Gasteiger partial charge in [0, 0.05) is 34.8 Å². The van der Waals surface area contributed by atoms with E-state index in [1.54, 1.807) is 0 Å². The van der Waals surface area contributed by atoms with Gasteiger partial charge in [0.05, 0.1) is 17.3 Å². The standard InChI is InChI=1S/C22H16FN3O/c23-18-10-9-15(14-24)13-19(18)25-22(27)11-12-26-20-7-3-1-5-16(20)17-6-2-4-8-21(17)26/h1-10,13H,11-12H2,(H,25,27). The predicted octanol–water partition coefficient (Wildman–Crippen LogP) is 4.83. The number of hydrogen-bond acceptors (Lipinski definition) is 2. The number of carbonyl (C=O) groups excluding carboxylic acids is 1. The molecule has 0 spiro atoms. The van der Waals surface area contributed by atoms with Gasteiger partial charge in [0.1, 0.15) is 5.82 Å². The Morgan fingerprint density at radius 1 is 1.00 bits per heavy atom. The first-order valence-electron chi connectivity index (χ1n) is 8.63. The summed E-state index contributed by atoms with van der Waals surface area (Å²) >= 11 is 0. The van der Waals surface area contributed by atoms with Gasteiger partial charge < -0.3 is 9.88 Å². The largest absolute Gasteiger partial charge is 0.340 e. The molecule has 0 unspecified atom stereocenters. The van der Waals surface area contributed by atoms with Gasteiger partial charge in [-0.1, -0.05) is 36.4 Å². The van der Waals surface area contributed by atoms with Crippen LogP contribution in [0, 0.1) is 17.1 Å². The molecule has 3 aromatic carbocycles. The Hall–Kier alpha value is -3.65. The van der Waals surface area contributed by atoms with Gasteiger partial charge in [0.2, 0.25) is 5.91 Å². The van der Waals surface area contributed by atoms with E-state index >= 15 is 0 Å². The van der Waals surface area contributed by atoms with E-state index in [1.165, 1.54) is 18.2 Å². The maximum Gasteiger partial charge on any atom is 0.226 e. The van der Waals surface area contributed by atoms with Crippen LogP contribution < -0.4 is 5.32 Å². The molecule has 0 bridgehead atoms. The van der Waals surface area contributed by atoms with Crippen molar-refractivity contribution < 1.29 is 9.18 Å². The minimum Gasteiger partial charge on any atom is -0.340 e. The van der Waals surface area contributed by atoms with Crippen molar-refractivity contribution in [3.8, 4) is 6.07 Å². The van der Waals surface area contributed by atoms with E-state index in [1.807, 2.05) is 42.5 Å². The number of halogens is 1. The van der Waals surface area contributed by atoms with Crippen molar-refractivity contribution >= 4 is 33.4 Å². The zero-order valence-electron chi connectivity index (χ0n) is 14.4. The molecule has 0 fully saturated rings. The maximum atomic E-state index is 13.9. The van der Waals surface area contributed by atoms with E-state index < -0.39 is 5.82 Å². The van der Waals surface area contributed by atoms with Crippen LogP contribution in [-0.2, 0) is 11.3 Å². The van der Waals surface area contributed by atoms with Crippen LogP contribution in [0.3, 0.4) is 0 Å². The van der Waals surface area contributed by atoms with Crippen molar-refractivity contribution in [1.29, 1.82) is 5.26 Å². The first-order valence-corrected chi connectivity index (χ1v) is 8.63. The van der Waals surface area contributed by atoms with Crippen LogP contribution in [0.2, 0.25) is 0 Å². The number of rotatable bonds is 4. The summed E-state index contributed by atoms with van der Waals surface area (Å²) in [6, 6.07) is 22.0.